The lowest BCUT2D eigenvalue weighted by Crippen LogP contribution is -2.27. The summed E-state index contributed by atoms with van der Waals surface area (Å²) >= 11 is 1.24. The van der Waals surface area contributed by atoms with Crippen molar-refractivity contribution in [3.63, 3.8) is 0 Å². The van der Waals surface area contributed by atoms with Crippen LogP contribution in [0.2, 0.25) is 0 Å². The van der Waals surface area contributed by atoms with E-state index in [9.17, 15) is 9.59 Å². The first kappa shape index (κ1) is 15.1. The summed E-state index contributed by atoms with van der Waals surface area (Å²) in [6.07, 6.45) is 2.83. The molecule has 0 spiro atoms. The van der Waals surface area contributed by atoms with Crippen LogP contribution in [0.4, 0.5) is 0 Å². The molecule has 0 radical (unpaired) electrons. The molecule has 2 aromatic heterocycles. The van der Waals surface area contributed by atoms with Gasteiger partial charge in [0.15, 0.2) is 0 Å². The number of furan rings is 1. The van der Waals surface area contributed by atoms with Gasteiger partial charge in [-0.15, -0.1) is 0 Å². The van der Waals surface area contributed by atoms with Crippen LogP contribution in [0.3, 0.4) is 0 Å². The van der Waals surface area contributed by atoms with Gasteiger partial charge in [-0.3, -0.25) is 4.79 Å². The topological polar surface area (TPSA) is 92.4 Å². The van der Waals surface area contributed by atoms with E-state index in [0.29, 0.717) is 10.8 Å². The van der Waals surface area contributed by atoms with Gasteiger partial charge in [0.05, 0.1) is 28.6 Å². The standard InChI is InChI=1S/C14H14N2O4S/c1-9(11-3-2-6-20-11)16-12(17)8-21-13-5-4-10(7-15-13)14(18)19/h2-7,9H,8H2,1H3,(H,16,17)(H,18,19). The number of hydrogen-bond donors (Lipinski definition) is 2. The predicted molar refractivity (Wildman–Crippen MR) is 77.2 cm³/mol. The minimum Gasteiger partial charge on any atom is -0.478 e. The summed E-state index contributed by atoms with van der Waals surface area (Å²) in [5, 5.41) is 12.2. The second-order valence-electron chi connectivity index (χ2n) is 4.28. The van der Waals surface area contributed by atoms with E-state index in [1.165, 1.54) is 24.0 Å². The van der Waals surface area contributed by atoms with Gasteiger partial charge in [-0.1, -0.05) is 11.8 Å². The van der Waals surface area contributed by atoms with Gasteiger partial charge in [-0.05, 0) is 31.2 Å². The van der Waals surface area contributed by atoms with Gasteiger partial charge in [0, 0.05) is 6.20 Å². The number of carbonyl (C=O) groups is 2. The van der Waals surface area contributed by atoms with Crippen LogP contribution >= 0.6 is 11.8 Å². The maximum atomic E-state index is 11.8. The first-order valence-corrected chi connectivity index (χ1v) is 7.19. The number of nitrogens with one attached hydrogen (secondary N) is 1. The second-order valence-corrected chi connectivity index (χ2v) is 5.28. The molecule has 2 rings (SSSR count). The minimum absolute atomic E-state index is 0.121. The smallest absolute Gasteiger partial charge is 0.337 e. The Morgan fingerprint density at radius 1 is 1.43 bits per heavy atom. The average Bonchev–Trinajstić information content (AvgIpc) is 3.00. The molecule has 2 aromatic rings. The van der Waals surface area contributed by atoms with E-state index >= 15 is 0 Å². The van der Waals surface area contributed by atoms with E-state index < -0.39 is 5.97 Å². The number of pyridine rings is 1. The molecule has 21 heavy (non-hydrogen) atoms. The third kappa shape index (κ3) is 4.35. The van der Waals surface area contributed by atoms with Crippen molar-refractivity contribution < 1.29 is 19.1 Å². The molecular weight excluding hydrogens is 292 g/mol. The van der Waals surface area contributed by atoms with Crippen LogP contribution in [0.5, 0.6) is 0 Å². The second kappa shape index (κ2) is 6.94. The number of nitrogens with zero attached hydrogens (tertiary/aromatic N) is 1. The third-order valence-corrected chi connectivity index (χ3v) is 3.63. The van der Waals surface area contributed by atoms with E-state index in [1.54, 1.807) is 24.5 Å². The Morgan fingerprint density at radius 3 is 2.81 bits per heavy atom. The summed E-state index contributed by atoms with van der Waals surface area (Å²) in [5.74, 6) is -0.279. The van der Waals surface area contributed by atoms with E-state index in [1.807, 2.05) is 6.92 Å². The number of aromatic nitrogens is 1. The SMILES string of the molecule is CC(NC(=O)CSc1ccc(C(=O)O)cn1)c1ccco1. The van der Waals surface area contributed by atoms with Crippen molar-refractivity contribution in [1.82, 2.24) is 10.3 Å². The van der Waals surface area contributed by atoms with Crippen molar-refractivity contribution in [1.29, 1.82) is 0 Å². The van der Waals surface area contributed by atoms with E-state index in [2.05, 4.69) is 10.3 Å². The number of carboxylic acids is 1. The Hall–Kier alpha value is -2.28. The van der Waals surface area contributed by atoms with Crippen molar-refractivity contribution in [3.8, 4) is 0 Å². The van der Waals surface area contributed by atoms with Crippen molar-refractivity contribution in [2.24, 2.45) is 0 Å². The van der Waals surface area contributed by atoms with Gasteiger partial charge in [0.25, 0.3) is 0 Å². The zero-order valence-corrected chi connectivity index (χ0v) is 12.1. The normalized spacial score (nSPS) is 11.9. The Kier molecular flexibility index (Phi) is 4.99. The number of rotatable bonds is 6. The molecule has 2 heterocycles. The molecule has 0 aromatic carbocycles. The molecule has 0 aliphatic rings. The lowest BCUT2D eigenvalue weighted by Gasteiger charge is -2.10. The molecule has 0 fully saturated rings. The molecule has 0 aliphatic heterocycles. The predicted octanol–water partition coefficient (Wildman–Crippen LogP) is 2.34. The monoisotopic (exact) mass is 306 g/mol. The lowest BCUT2D eigenvalue weighted by molar-refractivity contribution is -0.119. The van der Waals surface area contributed by atoms with Crippen molar-refractivity contribution in [2.45, 2.75) is 18.0 Å². The Labute approximate surface area is 125 Å². The van der Waals surface area contributed by atoms with Gasteiger partial charge in [-0.2, -0.15) is 0 Å². The van der Waals surface area contributed by atoms with Crippen LogP contribution in [0.15, 0.2) is 46.2 Å². The van der Waals surface area contributed by atoms with Gasteiger partial charge in [0.2, 0.25) is 5.91 Å². The molecule has 0 saturated carbocycles. The molecule has 0 aliphatic carbocycles. The fraction of sp³-hybridized carbons (Fsp3) is 0.214. The van der Waals surface area contributed by atoms with Crippen molar-refractivity contribution in [2.75, 3.05) is 5.75 Å². The Morgan fingerprint density at radius 2 is 2.24 bits per heavy atom. The number of carbonyl (C=O) groups excluding carboxylic acids is 1. The van der Waals surface area contributed by atoms with Crippen LogP contribution in [0.1, 0.15) is 29.1 Å². The first-order chi connectivity index (χ1) is 10.1. The molecular formula is C14H14N2O4S. The summed E-state index contributed by atoms with van der Waals surface area (Å²) in [6, 6.07) is 6.40. The average molecular weight is 306 g/mol. The largest absolute Gasteiger partial charge is 0.478 e. The van der Waals surface area contributed by atoms with E-state index in [0.717, 1.165) is 0 Å². The Balaban J connectivity index is 1.82. The zero-order valence-electron chi connectivity index (χ0n) is 11.3. The van der Waals surface area contributed by atoms with Crippen molar-refractivity contribution in [3.05, 3.63) is 48.0 Å². The molecule has 6 nitrogen and oxygen atoms in total. The van der Waals surface area contributed by atoms with E-state index in [-0.39, 0.29) is 23.3 Å². The van der Waals surface area contributed by atoms with Crippen LogP contribution in [0, 0.1) is 0 Å². The van der Waals surface area contributed by atoms with Gasteiger partial charge < -0.3 is 14.8 Å². The van der Waals surface area contributed by atoms with Crippen LogP contribution < -0.4 is 5.32 Å². The fourth-order valence-corrected chi connectivity index (χ4v) is 2.28. The van der Waals surface area contributed by atoms with Gasteiger partial charge in [-0.25, -0.2) is 9.78 Å². The highest BCUT2D eigenvalue weighted by atomic mass is 32.2. The molecule has 0 bridgehead atoms. The number of aromatic carboxylic acids is 1. The van der Waals surface area contributed by atoms with Crippen LogP contribution in [-0.2, 0) is 4.79 Å². The molecule has 110 valence electrons. The first-order valence-electron chi connectivity index (χ1n) is 6.21. The number of hydrogen-bond acceptors (Lipinski definition) is 5. The number of carboxylic acid groups (broad SMARTS) is 1. The molecule has 1 unspecified atom stereocenters. The lowest BCUT2D eigenvalue weighted by atomic mass is 10.2. The van der Waals surface area contributed by atoms with Gasteiger partial charge >= 0.3 is 5.97 Å². The van der Waals surface area contributed by atoms with Crippen molar-refractivity contribution >= 4 is 23.6 Å². The maximum Gasteiger partial charge on any atom is 0.337 e. The highest BCUT2D eigenvalue weighted by Crippen LogP contribution is 2.16. The molecule has 7 heteroatoms. The van der Waals surface area contributed by atoms with Crippen LogP contribution in [0.25, 0.3) is 0 Å². The summed E-state index contributed by atoms with van der Waals surface area (Å²) in [7, 11) is 0. The maximum absolute atomic E-state index is 11.8. The Bertz CT molecular complexity index is 610. The highest BCUT2D eigenvalue weighted by Gasteiger charge is 2.12. The molecule has 0 saturated heterocycles. The number of amides is 1. The minimum atomic E-state index is -1.02. The zero-order chi connectivity index (χ0) is 15.2. The summed E-state index contributed by atoms with van der Waals surface area (Å²) < 4.78 is 5.21. The third-order valence-electron chi connectivity index (χ3n) is 2.68. The quantitative estimate of drug-likeness (QED) is 0.796. The van der Waals surface area contributed by atoms with E-state index in [4.69, 9.17) is 9.52 Å². The number of thioether (sulfide) groups is 1. The molecule has 1 amide bonds. The van der Waals surface area contributed by atoms with Gasteiger partial charge in [0.1, 0.15) is 5.76 Å². The summed E-state index contributed by atoms with van der Waals surface area (Å²) in [4.78, 5) is 26.5. The molecule has 1 atom stereocenters. The highest BCUT2D eigenvalue weighted by molar-refractivity contribution is 7.99. The fourth-order valence-electron chi connectivity index (χ4n) is 1.62. The summed E-state index contributed by atoms with van der Waals surface area (Å²) in [5.41, 5.74) is 0.121. The van der Waals surface area contributed by atoms with Crippen LogP contribution in [-0.4, -0.2) is 27.7 Å². The molecule has 2 N–H and O–H groups in total. The summed E-state index contributed by atoms with van der Waals surface area (Å²) in [6.45, 7) is 1.83.